The van der Waals surface area contributed by atoms with E-state index in [1.54, 1.807) is 6.20 Å². The fourth-order valence-electron chi connectivity index (χ4n) is 6.09. The van der Waals surface area contributed by atoms with E-state index in [0.717, 1.165) is 36.5 Å². The molecule has 5 atom stereocenters. The first-order chi connectivity index (χ1) is 20.2. The van der Waals surface area contributed by atoms with E-state index in [9.17, 15) is 22.8 Å². The van der Waals surface area contributed by atoms with Gasteiger partial charge in [-0.05, 0) is 56.0 Å². The van der Waals surface area contributed by atoms with Gasteiger partial charge in [0.25, 0.3) is 5.91 Å². The standard InChI is InChI=1S/C30H37N5O6S/c31-24-11-5-3-1-2-4-9-20-17-30(20,29(38)34-42(39,40)22-12-13-22)33-26(36)25-16-21(18-35(25)28(24)37)41-27-23-10-7-6-8-19(23)14-15-32-27/h4,6-10,14-15,20-22,24-25H,1-3,5,11-13,16-18,31H2,(H,33,36)(H,34,38)/t20-,21-,24+,25+,30-/m1/s1. The highest BCUT2D eigenvalue weighted by molar-refractivity contribution is 7.91. The lowest BCUT2D eigenvalue weighted by Crippen LogP contribution is -2.57. The lowest BCUT2D eigenvalue weighted by molar-refractivity contribution is -0.140. The van der Waals surface area contributed by atoms with E-state index in [4.69, 9.17) is 10.5 Å². The van der Waals surface area contributed by atoms with E-state index in [2.05, 4.69) is 15.0 Å². The molecule has 12 heteroatoms. The summed E-state index contributed by atoms with van der Waals surface area (Å²) in [5.41, 5.74) is 4.93. The fourth-order valence-corrected chi connectivity index (χ4v) is 7.45. The van der Waals surface area contributed by atoms with Crippen LogP contribution in [-0.2, 0) is 24.4 Å². The first kappa shape index (κ1) is 28.6. The van der Waals surface area contributed by atoms with Gasteiger partial charge in [-0.1, -0.05) is 43.2 Å². The van der Waals surface area contributed by atoms with Crippen molar-refractivity contribution in [2.75, 3.05) is 6.54 Å². The SMILES string of the molecule is N[C@H]1CCCCCC=C[C@@H]2C[C@@]2(C(=O)NS(=O)(=O)C2CC2)NC(=O)[C@@H]2C[C@@H](Oc3nccc4ccccc34)CN2C1=O. The maximum absolute atomic E-state index is 13.9. The summed E-state index contributed by atoms with van der Waals surface area (Å²) in [6.45, 7) is 0.133. The number of rotatable bonds is 5. The molecule has 42 heavy (non-hydrogen) atoms. The predicted molar refractivity (Wildman–Crippen MR) is 156 cm³/mol. The average Bonchev–Trinajstić information content (AvgIpc) is 3.89. The van der Waals surface area contributed by atoms with Crippen LogP contribution in [0.5, 0.6) is 5.88 Å². The van der Waals surface area contributed by atoms with Crippen molar-refractivity contribution < 1.29 is 27.5 Å². The number of nitrogens with two attached hydrogens (primary N) is 1. The number of sulfonamides is 1. The lowest BCUT2D eigenvalue weighted by Gasteiger charge is -2.28. The normalized spacial score (nSPS) is 30.5. The summed E-state index contributed by atoms with van der Waals surface area (Å²) in [6.07, 6.45) is 10.3. The summed E-state index contributed by atoms with van der Waals surface area (Å²) in [6, 6.07) is 7.83. The first-order valence-corrected chi connectivity index (χ1v) is 16.3. The van der Waals surface area contributed by atoms with Crippen LogP contribution >= 0.6 is 0 Å². The zero-order valence-corrected chi connectivity index (χ0v) is 24.2. The number of carbonyl (C=O) groups excluding carboxylic acids is 3. The number of aromatic nitrogens is 1. The van der Waals surface area contributed by atoms with Gasteiger partial charge in [-0.3, -0.25) is 19.1 Å². The number of pyridine rings is 1. The molecule has 6 rings (SSSR count). The number of allylic oxidation sites excluding steroid dienone is 1. The number of ether oxygens (including phenoxy) is 1. The average molecular weight is 596 g/mol. The monoisotopic (exact) mass is 595 g/mol. The molecular weight excluding hydrogens is 558 g/mol. The number of hydrogen-bond donors (Lipinski definition) is 3. The van der Waals surface area contributed by atoms with Crippen LogP contribution < -0.4 is 20.5 Å². The van der Waals surface area contributed by atoms with E-state index in [1.165, 1.54) is 4.90 Å². The molecule has 3 amide bonds. The zero-order chi connectivity index (χ0) is 29.5. The minimum absolute atomic E-state index is 0.133. The minimum Gasteiger partial charge on any atom is -0.472 e. The van der Waals surface area contributed by atoms with Crippen LogP contribution in [0.4, 0.5) is 0 Å². The number of nitrogens with zero attached hydrogens (tertiary/aromatic N) is 2. The Balaban J connectivity index is 1.27. The van der Waals surface area contributed by atoms with Crippen LogP contribution in [0.3, 0.4) is 0 Å². The van der Waals surface area contributed by atoms with Crippen LogP contribution in [0.2, 0.25) is 0 Å². The molecule has 2 saturated carbocycles. The Morgan fingerprint density at radius 3 is 2.74 bits per heavy atom. The Bertz CT molecular complexity index is 1520. The molecular formula is C30H37N5O6S. The summed E-state index contributed by atoms with van der Waals surface area (Å²) in [7, 11) is -3.81. The van der Waals surface area contributed by atoms with Gasteiger partial charge in [-0.15, -0.1) is 0 Å². The van der Waals surface area contributed by atoms with Crippen molar-refractivity contribution >= 4 is 38.5 Å². The molecule has 1 saturated heterocycles. The van der Waals surface area contributed by atoms with Gasteiger partial charge in [-0.2, -0.15) is 0 Å². The molecule has 2 aliphatic carbocycles. The van der Waals surface area contributed by atoms with E-state index in [-0.39, 0.29) is 31.2 Å². The van der Waals surface area contributed by atoms with Gasteiger partial charge in [0.1, 0.15) is 17.7 Å². The summed E-state index contributed by atoms with van der Waals surface area (Å²) in [5, 5.41) is 4.06. The van der Waals surface area contributed by atoms with Crippen LogP contribution in [0.25, 0.3) is 10.8 Å². The Kier molecular flexibility index (Phi) is 7.69. The first-order valence-electron chi connectivity index (χ1n) is 14.8. The van der Waals surface area contributed by atoms with E-state index < -0.39 is 50.8 Å². The Morgan fingerprint density at radius 2 is 1.93 bits per heavy atom. The molecule has 0 spiro atoms. The second kappa shape index (κ2) is 11.3. The second-order valence-corrected chi connectivity index (χ2v) is 13.9. The zero-order valence-electron chi connectivity index (χ0n) is 23.4. The number of fused-ring (bicyclic) bond motifs is 3. The van der Waals surface area contributed by atoms with Crippen LogP contribution in [0, 0.1) is 5.92 Å². The van der Waals surface area contributed by atoms with Crippen molar-refractivity contribution in [1.29, 1.82) is 0 Å². The van der Waals surface area contributed by atoms with Gasteiger partial charge in [0.05, 0.1) is 17.8 Å². The highest BCUT2D eigenvalue weighted by Crippen LogP contribution is 2.46. The van der Waals surface area contributed by atoms with Gasteiger partial charge in [0.15, 0.2) is 0 Å². The molecule has 224 valence electrons. The van der Waals surface area contributed by atoms with Gasteiger partial charge >= 0.3 is 0 Å². The summed E-state index contributed by atoms with van der Waals surface area (Å²) in [5.74, 6) is -1.55. The highest BCUT2D eigenvalue weighted by atomic mass is 32.2. The third kappa shape index (κ3) is 5.74. The predicted octanol–water partition coefficient (Wildman–Crippen LogP) is 1.91. The Labute approximate surface area is 245 Å². The maximum atomic E-state index is 13.9. The van der Waals surface area contributed by atoms with Gasteiger partial charge in [-0.25, -0.2) is 13.4 Å². The van der Waals surface area contributed by atoms with Crippen molar-refractivity contribution in [3.8, 4) is 5.88 Å². The quantitative estimate of drug-likeness (QED) is 0.442. The topological polar surface area (TPSA) is 161 Å². The number of benzene rings is 1. The van der Waals surface area contributed by atoms with Gasteiger partial charge in [0, 0.05) is 23.9 Å². The smallest absolute Gasteiger partial charge is 0.259 e. The molecule has 3 heterocycles. The van der Waals surface area contributed by atoms with Crippen molar-refractivity contribution in [2.24, 2.45) is 11.7 Å². The Hall–Kier alpha value is -3.51. The molecule has 1 aromatic heterocycles. The lowest BCUT2D eigenvalue weighted by atomic mass is 10.1. The van der Waals surface area contributed by atoms with Crippen LogP contribution in [0.15, 0.2) is 48.7 Å². The number of amides is 3. The maximum Gasteiger partial charge on any atom is 0.259 e. The number of hydrogen-bond acceptors (Lipinski definition) is 8. The number of nitrogens with one attached hydrogen (secondary N) is 2. The van der Waals surface area contributed by atoms with Gasteiger partial charge in [0.2, 0.25) is 27.7 Å². The minimum atomic E-state index is -3.81. The fraction of sp³-hybridized carbons (Fsp3) is 0.533. The highest BCUT2D eigenvalue weighted by Gasteiger charge is 2.62. The Morgan fingerprint density at radius 1 is 1.12 bits per heavy atom. The number of carbonyl (C=O) groups is 3. The van der Waals surface area contributed by atoms with E-state index >= 15 is 0 Å². The largest absolute Gasteiger partial charge is 0.472 e. The summed E-state index contributed by atoms with van der Waals surface area (Å²) >= 11 is 0. The van der Waals surface area contributed by atoms with E-state index in [1.807, 2.05) is 42.5 Å². The molecule has 3 fully saturated rings. The molecule has 0 unspecified atom stereocenters. The molecule has 4 aliphatic rings. The third-order valence-corrected chi connectivity index (χ3v) is 10.6. The second-order valence-electron chi connectivity index (χ2n) is 11.9. The van der Waals surface area contributed by atoms with Gasteiger partial charge < -0.3 is 20.7 Å². The van der Waals surface area contributed by atoms with Crippen LogP contribution in [-0.4, -0.2) is 71.5 Å². The molecule has 2 aliphatic heterocycles. The molecule has 11 nitrogen and oxygen atoms in total. The molecule has 0 bridgehead atoms. The molecule has 2 aromatic rings. The molecule has 0 radical (unpaired) electrons. The summed E-state index contributed by atoms with van der Waals surface area (Å²) in [4.78, 5) is 46.7. The van der Waals surface area contributed by atoms with Crippen LogP contribution in [0.1, 0.15) is 57.8 Å². The third-order valence-electron chi connectivity index (χ3n) is 8.80. The van der Waals surface area contributed by atoms with Crippen molar-refractivity contribution in [3.63, 3.8) is 0 Å². The van der Waals surface area contributed by atoms with E-state index in [0.29, 0.717) is 25.1 Å². The van der Waals surface area contributed by atoms with Crippen molar-refractivity contribution in [3.05, 3.63) is 48.7 Å². The van der Waals surface area contributed by atoms with Crippen molar-refractivity contribution in [2.45, 2.75) is 86.8 Å². The van der Waals surface area contributed by atoms with Crippen molar-refractivity contribution in [1.82, 2.24) is 19.9 Å². The molecule has 1 aromatic carbocycles. The molecule has 4 N–H and O–H groups in total. The summed E-state index contributed by atoms with van der Waals surface area (Å²) < 4.78 is 33.7.